The molecule has 0 saturated heterocycles. The summed E-state index contributed by atoms with van der Waals surface area (Å²) in [5.74, 6) is 0.671. The molecule has 2 aromatic carbocycles. The van der Waals surface area contributed by atoms with Crippen molar-refractivity contribution in [2.75, 3.05) is 26.5 Å². The van der Waals surface area contributed by atoms with Crippen LogP contribution in [-0.4, -0.2) is 31.5 Å². The lowest BCUT2D eigenvalue weighted by atomic mass is 10.0. The van der Waals surface area contributed by atoms with Crippen molar-refractivity contribution in [1.29, 1.82) is 0 Å². The summed E-state index contributed by atoms with van der Waals surface area (Å²) in [6, 6.07) is 16.5. The highest BCUT2D eigenvalue weighted by Crippen LogP contribution is 2.14. The molecule has 0 saturated carbocycles. The normalized spacial score (nSPS) is 11.6. The Bertz CT molecular complexity index is 679. The van der Waals surface area contributed by atoms with Crippen molar-refractivity contribution < 1.29 is 9.28 Å². The molecule has 25 heavy (non-hydrogen) atoms. The fourth-order valence-corrected chi connectivity index (χ4v) is 2.90. The van der Waals surface area contributed by atoms with Gasteiger partial charge in [-0.3, -0.25) is 4.79 Å². The van der Waals surface area contributed by atoms with E-state index in [1.807, 2.05) is 12.1 Å². The summed E-state index contributed by atoms with van der Waals surface area (Å²) in [6.07, 6.45) is 1.48. The SMILES string of the molecule is CC(C)Cc1ccc(CC(=O)Nc2ccc(C[N+](C)(C)C)cc2)cc1. The molecule has 0 radical (unpaired) electrons. The zero-order valence-electron chi connectivity index (χ0n) is 16.2. The van der Waals surface area contributed by atoms with Crippen molar-refractivity contribution in [3.8, 4) is 0 Å². The third-order valence-electron chi connectivity index (χ3n) is 3.93. The number of carbonyl (C=O) groups is 1. The van der Waals surface area contributed by atoms with Gasteiger partial charge in [-0.2, -0.15) is 0 Å². The van der Waals surface area contributed by atoms with Crippen molar-refractivity contribution in [1.82, 2.24) is 0 Å². The minimum Gasteiger partial charge on any atom is -0.327 e. The highest BCUT2D eigenvalue weighted by atomic mass is 16.1. The van der Waals surface area contributed by atoms with Crippen LogP contribution in [0.2, 0.25) is 0 Å². The van der Waals surface area contributed by atoms with Crippen LogP contribution in [0.25, 0.3) is 0 Å². The molecule has 0 unspecified atom stereocenters. The number of rotatable bonds is 7. The first kappa shape index (κ1) is 19.2. The van der Waals surface area contributed by atoms with Gasteiger partial charge in [0.15, 0.2) is 0 Å². The molecule has 2 rings (SSSR count). The second-order valence-electron chi connectivity index (χ2n) is 8.28. The van der Waals surface area contributed by atoms with Crippen LogP contribution in [0.5, 0.6) is 0 Å². The minimum atomic E-state index is 0.0240. The maximum atomic E-state index is 12.2. The predicted octanol–water partition coefficient (Wildman–Crippen LogP) is 4.27. The Hall–Kier alpha value is -2.13. The van der Waals surface area contributed by atoms with Gasteiger partial charge in [0, 0.05) is 11.3 Å². The Kier molecular flexibility index (Phi) is 6.38. The molecule has 0 aromatic heterocycles. The Morgan fingerprint density at radius 3 is 1.92 bits per heavy atom. The monoisotopic (exact) mass is 339 g/mol. The lowest BCUT2D eigenvalue weighted by molar-refractivity contribution is -0.884. The number of benzene rings is 2. The van der Waals surface area contributed by atoms with E-state index in [4.69, 9.17) is 0 Å². The molecule has 0 aliphatic rings. The molecule has 0 aliphatic carbocycles. The highest BCUT2D eigenvalue weighted by molar-refractivity contribution is 5.92. The number of nitrogens with zero attached hydrogens (tertiary/aromatic N) is 1. The second-order valence-corrected chi connectivity index (χ2v) is 8.28. The fraction of sp³-hybridized carbons (Fsp3) is 0.409. The molecule has 0 atom stereocenters. The zero-order valence-corrected chi connectivity index (χ0v) is 16.2. The van der Waals surface area contributed by atoms with Gasteiger partial charge < -0.3 is 9.80 Å². The summed E-state index contributed by atoms with van der Waals surface area (Å²) >= 11 is 0. The molecular formula is C22H31N2O+. The maximum Gasteiger partial charge on any atom is 0.228 e. The van der Waals surface area contributed by atoms with E-state index >= 15 is 0 Å². The van der Waals surface area contributed by atoms with Gasteiger partial charge >= 0.3 is 0 Å². The van der Waals surface area contributed by atoms with Crippen LogP contribution in [0.3, 0.4) is 0 Å². The van der Waals surface area contributed by atoms with Gasteiger partial charge in [-0.05, 0) is 35.6 Å². The Labute approximate surface area is 152 Å². The Balaban J connectivity index is 1.89. The number of hydrogen-bond acceptors (Lipinski definition) is 1. The van der Waals surface area contributed by atoms with Crippen LogP contribution >= 0.6 is 0 Å². The molecular weight excluding hydrogens is 308 g/mol. The van der Waals surface area contributed by atoms with Crippen LogP contribution in [0.15, 0.2) is 48.5 Å². The molecule has 0 spiro atoms. The van der Waals surface area contributed by atoms with E-state index in [0.29, 0.717) is 12.3 Å². The van der Waals surface area contributed by atoms with E-state index < -0.39 is 0 Å². The van der Waals surface area contributed by atoms with Gasteiger partial charge in [0.25, 0.3) is 0 Å². The quantitative estimate of drug-likeness (QED) is 0.750. The first-order chi connectivity index (χ1) is 11.7. The van der Waals surface area contributed by atoms with E-state index in [2.05, 4.69) is 76.7 Å². The third kappa shape index (κ3) is 7.10. The molecule has 1 N–H and O–H groups in total. The van der Waals surface area contributed by atoms with Crippen LogP contribution in [-0.2, 0) is 24.2 Å². The molecule has 1 amide bonds. The topological polar surface area (TPSA) is 29.1 Å². The lowest BCUT2D eigenvalue weighted by Crippen LogP contribution is -2.33. The van der Waals surface area contributed by atoms with E-state index in [0.717, 1.165) is 28.7 Å². The molecule has 0 heterocycles. The number of anilines is 1. The highest BCUT2D eigenvalue weighted by Gasteiger charge is 2.09. The van der Waals surface area contributed by atoms with Gasteiger partial charge in [0.05, 0.1) is 27.6 Å². The van der Waals surface area contributed by atoms with Crippen LogP contribution < -0.4 is 5.32 Å². The van der Waals surface area contributed by atoms with Gasteiger partial charge in [-0.1, -0.05) is 50.2 Å². The summed E-state index contributed by atoms with van der Waals surface area (Å²) in [5.41, 5.74) is 4.50. The smallest absolute Gasteiger partial charge is 0.228 e. The van der Waals surface area contributed by atoms with Crippen molar-refractivity contribution >= 4 is 11.6 Å². The summed E-state index contributed by atoms with van der Waals surface area (Å²) in [7, 11) is 6.51. The molecule has 2 aromatic rings. The minimum absolute atomic E-state index is 0.0240. The Morgan fingerprint density at radius 2 is 1.40 bits per heavy atom. The van der Waals surface area contributed by atoms with Crippen LogP contribution in [0, 0.1) is 5.92 Å². The second kappa shape index (κ2) is 8.30. The van der Waals surface area contributed by atoms with Crippen molar-refractivity contribution in [3.05, 3.63) is 65.2 Å². The molecule has 3 heteroatoms. The zero-order chi connectivity index (χ0) is 18.4. The van der Waals surface area contributed by atoms with E-state index in [1.54, 1.807) is 0 Å². The van der Waals surface area contributed by atoms with Crippen LogP contribution in [0.1, 0.15) is 30.5 Å². The standard InChI is InChI=1S/C22H30N2O/c1-17(2)14-18-6-8-19(9-7-18)15-22(25)23-21-12-10-20(11-13-21)16-24(3,4)5/h6-13,17H,14-16H2,1-5H3/p+1. The van der Waals surface area contributed by atoms with Crippen LogP contribution in [0.4, 0.5) is 5.69 Å². The third-order valence-corrected chi connectivity index (χ3v) is 3.93. The molecule has 3 nitrogen and oxygen atoms in total. The number of hydrogen-bond donors (Lipinski definition) is 1. The first-order valence-corrected chi connectivity index (χ1v) is 8.98. The van der Waals surface area contributed by atoms with Crippen molar-refractivity contribution in [3.63, 3.8) is 0 Å². The van der Waals surface area contributed by atoms with E-state index in [-0.39, 0.29) is 5.91 Å². The summed E-state index contributed by atoms with van der Waals surface area (Å²) in [6.45, 7) is 5.40. The van der Waals surface area contributed by atoms with E-state index in [9.17, 15) is 4.79 Å². The van der Waals surface area contributed by atoms with Gasteiger partial charge in [0.1, 0.15) is 6.54 Å². The van der Waals surface area contributed by atoms with Crippen molar-refractivity contribution in [2.24, 2.45) is 5.92 Å². The van der Waals surface area contributed by atoms with Crippen molar-refractivity contribution in [2.45, 2.75) is 33.2 Å². The van der Waals surface area contributed by atoms with E-state index in [1.165, 1.54) is 11.1 Å². The average molecular weight is 340 g/mol. The largest absolute Gasteiger partial charge is 0.327 e. The first-order valence-electron chi connectivity index (χ1n) is 8.98. The number of quaternary nitrogens is 1. The summed E-state index contributed by atoms with van der Waals surface area (Å²) < 4.78 is 0.887. The lowest BCUT2D eigenvalue weighted by Gasteiger charge is -2.23. The molecule has 0 fully saturated rings. The molecule has 134 valence electrons. The summed E-state index contributed by atoms with van der Waals surface area (Å²) in [5, 5.41) is 2.98. The predicted molar refractivity (Wildman–Crippen MR) is 105 cm³/mol. The average Bonchev–Trinajstić information content (AvgIpc) is 2.49. The fourth-order valence-electron chi connectivity index (χ4n) is 2.90. The van der Waals surface area contributed by atoms with Gasteiger partial charge in [-0.15, -0.1) is 0 Å². The maximum absolute atomic E-state index is 12.2. The number of carbonyl (C=O) groups excluding carboxylic acids is 1. The number of nitrogens with one attached hydrogen (secondary N) is 1. The molecule has 0 bridgehead atoms. The Morgan fingerprint density at radius 1 is 0.880 bits per heavy atom. The summed E-state index contributed by atoms with van der Waals surface area (Å²) in [4.78, 5) is 12.2. The van der Waals surface area contributed by atoms with Gasteiger partial charge in [0.2, 0.25) is 5.91 Å². The number of amides is 1. The molecule has 0 aliphatic heterocycles. The van der Waals surface area contributed by atoms with Gasteiger partial charge in [-0.25, -0.2) is 0 Å².